The quantitative estimate of drug-likeness (QED) is 0.902. The van der Waals surface area contributed by atoms with Gasteiger partial charge >= 0.3 is 0 Å². The van der Waals surface area contributed by atoms with Crippen LogP contribution in [0.25, 0.3) is 0 Å². The first-order valence-corrected chi connectivity index (χ1v) is 7.07. The largest absolute Gasteiger partial charge is 0.378 e. The fraction of sp³-hybridized carbons (Fsp3) is 0.667. The van der Waals surface area contributed by atoms with E-state index in [1.807, 2.05) is 18.3 Å². The van der Waals surface area contributed by atoms with E-state index in [1.165, 1.54) is 0 Å². The minimum atomic E-state index is -0.00672. The average Bonchev–Trinajstić information content (AvgIpc) is 2.41. The van der Waals surface area contributed by atoms with E-state index < -0.39 is 0 Å². The van der Waals surface area contributed by atoms with Gasteiger partial charge in [-0.2, -0.15) is 0 Å². The lowest BCUT2D eigenvalue weighted by Crippen LogP contribution is -2.57. The molecule has 0 aromatic carbocycles. The third kappa shape index (κ3) is 3.14. The summed E-state index contributed by atoms with van der Waals surface area (Å²) in [7, 11) is 0. The molecule has 1 saturated heterocycles. The number of morpholine rings is 1. The van der Waals surface area contributed by atoms with Gasteiger partial charge in [0.1, 0.15) is 0 Å². The van der Waals surface area contributed by atoms with Gasteiger partial charge in [0.05, 0.1) is 24.9 Å². The molecule has 1 aliphatic rings. The van der Waals surface area contributed by atoms with Gasteiger partial charge in [-0.15, -0.1) is 0 Å². The van der Waals surface area contributed by atoms with Gasteiger partial charge in [0.15, 0.2) is 0 Å². The number of hydrogen-bond acceptors (Lipinski definition) is 4. The smallest absolute Gasteiger partial charge is 0.0679 e. The Kier molecular flexibility index (Phi) is 4.55. The topological polar surface area (TPSA) is 51.4 Å². The van der Waals surface area contributed by atoms with Crippen LogP contribution in [0.5, 0.6) is 0 Å². The molecule has 0 amide bonds. The van der Waals surface area contributed by atoms with Crippen LogP contribution in [0.15, 0.2) is 24.4 Å². The highest BCUT2D eigenvalue weighted by Gasteiger charge is 2.38. The van der Waals surface area contributed by atoms with Crippen molar-refractivity contribution in [3.63, 3.8) is 0 Å². The highest BCUT2D eigenvalue weighted by molar-refractivity contribution is 5.13. The number of nitrogens with zero attached hydrogens (tertiary/aromatic N) is 2. The third-order valence-electron chi connectivity index (χ3n) is 3.91. The first-order chi connectivity index (χ1) is 9.06. The van der Waals surface area contributed by atoms with Gasteiger partial charge in [0.25, 0.3) is 0 Å². The lowest BCUT2D eigenvalue weighted by Gasteiger charge is -2.48. The van der Waals surface area contributed by atoms with Crippen LogP contribution in [-0.2, 0) is 4.74 Å². The molecule has 2 atom stereocenters. The summed E-state index contributed by atoms with van der Waals surface area (Å²) in [4.78, 5) is 6.98. The second-order valence-electron chi connectivity index (χ2n) is 5.83. The monoisotopic (exact) mass is 263 g/mol. The number of pyridine rings is 1. The maximum Gasteiger partial charge on any atom is 0.0679 e. The van der Waals surface area contributed by atoms with Crippen molar-refractivity contribution < 1.29 is 4.74 Å². The average molecular weight is 263 g/mol. The van der Waals surface area contributed by atoms with Gasteiger partial charge in [-0.05, 0) is 32.4 Å². The summed E-state index contributed by atoms with van der Waals surface area (Å²) >= 11 is 0. The molecule has 1 aliphatic heterocycles. The molecular formula is C15H25N3O. The molecule has 0 spiro atoms. The van der Waals surface area contributed by atoms with Crippen LogP contribution in [-0.4, -0.2) is 41.2 Å². The summed E-state index contributed by atoms with van der Waals surface area (Å²) in [5.41, 5.74) is 7.43. The van der Waals surface area contributed by atoms with Crippen molar-refractivity contribution in [2.45, 2.75) is 44.8 Å². The maximum atomic E-state index is 6.38. The van der Waals surface area contributed by atoms with Gasteiger partial charge in [0, 0.05) is 24.3 Å². The molecule has 2 rings (SSSR count). The molecule has 19 heavy (non-hydrogen) atoms. The molecule has 1 fully saturated rings. The Balaban J connectivity index is 2.32. The molecule has 2 unspecified atom stereocenters. The van der Waals surface area contributed by atoms with Crippen molar-refractivity contribution in [1.29, 1.82) is 0 Å². The summed E-state index contributed by atoms with van der Waals surface area (Å²) in [5, 5.41) is 0. The second kappa shape index (κ2) is 5.99. The van der Waals surface area contributed by atoms with Crippen LogP contribution in [0.4, 0.5) is 0 Å². The first-order valence-electron chi connectivity index (χ1n) is 7.07. The fourth-order valence-corrected chi connectivity index (χ4v) is 2.77. The van der Waals surface area contributed by atoms with Gasteiger partial charge in [0.2, 0.25) is 0 Å². The molecule has 0 radical (unpaired) electrons. The van der Waals surface area contributed by atoms with E-state index in [2.05, 4.69) is 36.7 Å². The number of ether oxygens (including phenoxy) is 1. The zero-order valence-corrected chi connectivity index (χ0v) is 12.2. The number of aromatic nitrogens is 1. The number of nitrogens with two attached hydrogens (primary N) is 1. The molecule has 4 nitrogen and oxygen atoms in total. The van der Waals surface area contributed by atoms with Crippen LogP contribution in [0.1, 0.15) is 38.9 Å². The predicted octanol–water partition coefficient (Wildman–Crippen LogP) is 1.97. The van der Waals surface area contributed by atoms with Crippen molar-refractivity contribution in [1.82, 2.24) is 9.88 Å². The van der Waals surface area contributed by atoms with E-state index in [1.54, 1.807) is 0 Å². The number of rotatable bonds is 4. The molecule has 0 saturated carbocycles. The van der Waals surface area contributed by atoms with Crippen molar-refractivity contribution in [2.24, 2.45) is 5.73 Å². The van der Waals surface area contributed by atoms with Gasteiger partial charge < -0.3 is 10.5 Å². The Labute approximate surface area is 116 Å². The highest BCUT2D eigenvalue weighted by Crippen LogP contribution is 2.32. The molecule has 2 N–H and O–H groups in total. The first kappa shape index (κ1) is 14.4. The van der Waals surface area contributed by atoms with Crippen molar-refractivity contribution in [2.75, 3.05) is 19.8 Å². The Morgan fingerprint density at radius 1 is 1.47 bits per heavy atom. The van der Waals surface area contributed by atoms with Crippen LogP contribution in [0.2, 0.25) is 0 Å². The zero-order chi connectivity index (χ0) is 13.9. The highest BCUT2D eigenvalue weighted by atomic mass is 16.5. The standard InChI is InChI=1S/C15H25N3O/c1-4-12(16)14(13-7-5-6-8-17-13)18-9-10-19-11-15(18,2)3/h5-8,12,14H,4,9-11,16H2,1-3H3. The van der Waals surface area contributed by atoms with Gasteiger partial charge in [-0.25, -0.2) is 0 Å². The second-order valence-corrected chi connectivity index (χ2v) is 5.83. The lowest BCUT2D eigenvalue weighted by atomic mass is 9.93. The molecular weight excluding hydrogens is 238 g/mol. The Morgan fingerprint density at radius 2 is 2.26 bits per heavy atom. The number of hydrogen-bond donors (Lipinski definition) is 1. The normalized spacial score (nSPS) is 22.9. The predicted molar refractivity (Wildman–Crippen MR) is 76.8 cm³/mol. The third-order valence-corrected chi connectivity index (χ3v) is 3.91. The van der Waals surface area contributed by atoms with Crippen LogP contribution in [0.3, 0.4) is 0 Å². The van der Waals surface area contributed by atoms with Gasteiger partial charge in [-0.3, -0.25) is 9.88 Å². The lowest BCUT2D eigenvalue weighted by molar-refractivity contribution is -0.0785. The van der Waals surface area contributed by atoms with Crippen LogP contribution >= 0.6 is 0 Å². The molecule has 1 aromatic heterocycles. The summed E-state index contributed by atoms with van der Waals surface area (Å²) < 4.78 is 5.61. The zero-order valence-electron chi connectivity index (χ0n) is 12.2. The Hall–Kier alpha value is -0.970. The Morgan fingerprint density at radius 3 is 2.84 bits per heavy atom. The molecule has 0 aliphatic carbocycles. The minimum absolute atomic E-state index is 0.00672. The van der Waals surface area contributed by atoms with Crippen LogP contribution < -0.4 is 5.73 Å². The van der Waals surface area contributed by atoms with E-state index in [0.717, 1.165) is 31.9 Å². The summed E-state index contributed by atoms with van der Waals surface area (Å²) in [6.07, 6.45) is 2.78. The molecule has 4 heteroatoms. The Bertz CT molecular complexity index is 394. The maximum absolute atomic E-state index is 6.38. The van der Waals surface area contributed by atoms with Gasteiger partial charge in [-0.1, -0.05) is 13.0 Å². The summed E-state index contributed by atoms with van der Waals surface area (Å²) in [5.74, 6) is 0. The fourth-order valence-electron chi connectivity index (χ4n) is 2.77. The van der Waals surface area contributed by atoms with E-state index in [-0.39, 0.29) is 17.6 Å². The molecule has 2 heterocycles. The minimum Gasteiger partial charge on any atom is -0.378 e. The van der Waals surface area contributed by atoms with Crippen molar-refractivity contribution in [3.05, 3.63) is 30.1 Å². The van der Waals surface area contributed by atoms with E-state index >= 15 is 0 Å². The molecule has 0 bridgehead atoms. The molecule has 1 aromatic rings. The van der Waals surface area contributed by atoms with Crippen molar-refractivity contribution >= 4 is 0 Å². The van der Waals surface area contributed by atoms with E-state index in [4.69, 9.17) is 10.5 Å². The van der Waals surface area contributed by atoms with E-state index in [0.29, 0.717) is 0 Å². The summed E-state index contributed by atoms with van der Waals surface area (Å²) in [6, 6.07) is 6.30. The SMILES string of the molecule is CCC(N)C(c1ccccn1)N1CCOCC1(C)C. The summed E-state index contributed by atoms with van der Waals surface area (Å²) in [6.45, 7) is 8.97. The van der Waals surface area contributed by atoms with E-state index in [9.17, 15) is 0 Å². The molecule has 106 valence electrons. The van der Waals surface area contributed by atoms with Crippen molar-refractivity contribution in [3.8, 4) is 0 Å². The van der Waals surface area contributed by atoms with Crippen LogP contribution in [0, 0.1) is 0 Å².